The van der Waals surface area contributed by atoms with Crippen LogP contribution in [-0.2, 0) is 0 Å². The zero-order valence-corrected chi connectivity index (χ0v) is 5.18. The highest BCUT2D eigenvalue weighted by Crippen LogP contribution is 2.09. The molecule has 0 spiro atoms. The molecule has 0 unspecified atom stereocenters. The van der Waals surface area contributed by atoms with Crippen LogP contribution in [0.1, 0.15) is 13.8 Å². The molecule has 0 atom stereocenters. The third-order valence-corrected chi connectivity index (χ3v) is 1.03. The average Bonchev–Trinajstić information content (AvgIpc) is 1.25. The molecule has 0 saturated carbocycles. The van der Waals surface area contributed by atoms with Gasteiger partial charge in [0.1, 0.15) is 15.7 Å². The summed E-state index contributed by atoms with van der Waals surface area (Å²) in [5.74, 6) is 0. The molecule has 0 bridgehead atoms. The van der Waals surface area contributed by atoms with Gasteiger partial charge in [-0.2, -0.15) is 0 Å². The van der Waals surface area contributed by atoms with E-state index in [9.17, 15) is 0 Å². The third-order valence-electron chi connectivity index (χ3n) is 1.03. The number of rotatable bonds is 1. The van der Waals surface area contributed by atoms with Gasteiger partial charge in [-0.3, -0.25) is 0 Å². The smallest absolute Gasteiger partial charge is 0.101 e. The number of aliphatic hydroxyl groups is 1. The van der Waals surface area contributed by atoms with Gasteiger partial charge in [0.15, 0.2) is 0 Å². The van der Waals surface area contributed by atoms with Crippen LogP contribution in [0, 0.1) is 0 Å². The first-order valence-corrected chi connectivity index (χ1v) is 2.34. The molecule has 0 saturated heterocycles. The predicted molar refractivity (Wildman–Crippen MR) is 34.7 cm³/mol. The van der Waals surface area contributed by atoms with Crippen LogP contribution < -0.4 is 5.73 Å². The minimum absolute atomic E-state index is 0.951. The summed E-state index contributed by atoms with van der Waals surface area (Å²) < 4.78 is 0. The Kier molecular flexibility index (Phi) is 1.79. The van der Waals surface area contributed by atoms with Crippen molar-refractivity contribution < 1.29 is 5.11 Å². The summed E-state index contributed by atoms with van der Waals surface area (Å²) in [6.07, 6.45) is 0. The Balaban J connectivity index is 4.02. The van der Waals surface area contributed by atoms with Crippen molar-refractivity contribution in [3.05, 3.63) is 0 Å². The molecule has 0 aliphatic carbocycles. The second-order valence-corrected chi connectivity index (χ2v) is 2.55. The molecule has 0 rings (SSSR count). The monoisotopic (exact) mass is 109 g/mol. The molecule has 0 aromatic heterocycles. The summed E-state index contributed by atoms with van der Waals surface area (Å²) in [5, 5.41) is 7.00. The minimum Gasteiger partial charge on any atom is -0.407 e. The maximum Gasteiger partial charge on any atom is 0.101 e. The van der Waals surface area contributed by atoms with Crippen molar-refractivity contribution in [2.75, 3.05) is 0 Å². The number of hydrogen-bond acceptors (Lipinski definition) is 2. The highest BCUT2D eigenvalue weighted by atomic mass is 16.3. The van der Waals surface area contributed by atoms with Gasteiger partial charge >= 0.3 is 0 Å². The SMILES string of the molecule is [B]C([B])(O)C(C)(C)N. The van der Waals surface area contributed by atoms with Crippen molar-refractivity contribution in [2.24, 2.45) is 5.73 Å². The summed E-state index contributed by atoms with van der Waals surface area (Å²) in [6, 6.07) is 0. The summed E-state index contributed by atoms with van der Waals surface area (Å²) in [5.41, 5.74) is 4.36. The standard InChI is InChI=1S/C4H9B2NO/c1-3(2,7)4(5,6)8/h8H,7H2,1-2H3. The van der Waals surface area contributed by atoms with Gasteiger partial charge in [0.25, 0.3) is 0 Å². The molecule has 4 radical (unpaired) electrons. The molecule has 8 heavy (non-hydrogen) atoms. The maximum atomic E-state index is 8.78. The number of nitrogens with two attached hydrogens (primary N) is 1. The fourth-order valence-corrected chi connectivity index (χ4v) is 0. The van der Waals surface area contributed by atoms with Crippen LogP contribution >= 0.6 is 0 Å². The van der Waals surface area contributed by atoms with E-state index < -0.39 is 10.9 Å². The van der Waals surface area contributed by atoms with Crippen molar-refractivity contribution in [1.82, 2.24) is 0 Å². The summed E-state index contributed by atoms with van der Waals surface area (Å²) >= 11 is 0. The highest BCUT2D eigenvalue weighted by molar-refractivity contribution is 6.39. The molecular weight excluding hydrogens is 99.7 g/mol. The first-order valence-electron chi connectivity index (χ1n) is 2.34. The molecular formula is C4H9B2NO. The van der Waals surface area contributed by atoms with E-state index in [4.69, 9.17) is 26.5 Å². The van der Waals surface area contributed by atoms with Crippen LogP contribution in [0.5, 0.6) is 0 Å². The van der Waals surface area contributed by atoms with Gasteiger partial charge in [-0.1, -0.05) is 0 Å². The van der Waals surface area contributed by atoms with Crippen molar-refractivity contribution in [2.45, 2.75) is 24.8 Å². The van der Waals surface area contributed by atoms with E-state index in [0.29, 0.717) is 0 Å². The Hall–Kier alpha value is 0.0499. The molecule has 0 aromatic carbocycles. The zero-order valence-electron chi connectivity index (χ0n) is 5.18. The van der Waals surface area contributed by atoms with Crippen molar-refractivity contribution in [3.63, 3.8) is 0 Å². The normalized spacial score (nSPS) is 14.0. The Morgan fingerprint density at radius 1 is 1.38 bits per heavy atom. The van der Waals surface area contributed by atoms with E-state index in [-0.39, 0.29) is 0 Å². The first kappa shape index (κ1) is 8.05. The van der Waals surface area contributed by atoms with Gasteiger partial charge < -0.3 is 10.8 Å². The van der Waals surface area contributed by atoms with Gasteiger partial charge in [0.2, 0.25) is 0 Å². The molecule has 0 amide bonds. The van der Waals surface area contributed by atoms with E-state index in [1.54, 1.807) is 13.8 Å². The molecule has 0 fully saturated rings. The Bertz CT molecular complexity index is 69.0. The molecule has 0 aliphatic rings. The quantitative estimate of drug-likeness (QED) is 0.411. The second kappa shape index (κ2) is 1.78. The predicted octanol–water partition coefficient (Wildman–Crippen LogP) is -1.29. The average molecular weight is 109 g/mol. The van der Waals surface area contributed by atoms with Crippen LogP contribution in [0.3, 0.4) is 0 Å². The Morgan fingerprint density at radius 3 is 1.50 bits per heavy atom. The molecule has 0 aliphatic heterocycles. The maximum absolute atomic E-state index is 8.78. The molecule has 42 valence electrons. The lowest BCUT2D eigenvalue weighted by Crippen LogP contribution is -2.57. The van der Waals surface area contributed by atoms with E-state index in [2.05, 4.69) is 0 Å². The van der Waals surface area contributed by atoms with E-state index >= 15 is 0 Å². The van der Waals surface area contributed by atoms with Crippen LogP contribution in [0.15, 0.2) is 0 Å². The summed E-state index contributed by atoms with van der Waals surface area (Å²) in [7, 11) is 10.0. The fourth-order valence-electron chi connectivity index (χ4n) is 0. The second-order valence-electron chi connectivity index (χ2n) is 2.55. The Labute approximate surface area is 52.3 Å². The zero-order chi connectivity index (χ0) is 7.00. The Morgan fingerprint density at radius 2 is 1.50 bits per heavy atom. The third kappa shape index (κ3) is 1.88. The lowest BCUT2D eigenvalue weighted by atomic mass is 9.56. The molecule has 4 heteroatoms. The van der Waals surface area contributed by atoms with Gasteiger partial charge in [0, 0.05) is 10.9 Å². The van der Waals surface area contributed by atoms with Crippen molar-refractivity contribution in [1.29, 1.82) is 0 Å². The van der Waals surface area contributed by atoms with E-state index in [0.717, 1.165) is 0 Å². The lowest BCUT2D eigenvalue weighted by molar-refractivity contribution is 0.138. The number of hydrogen-bond donors (Lipinski definition) is 2. The molecule has 2 nitrogen and oxygen atoms in total. The van der Waals surface area contributed by atoms with Gasteiger partial charge in [-0.15, -0.1) is 0 Å². The lowest BCUT2D eigenvalue weighted by Gasteiger charge is -2.34. The van der Waals surface area contributed by atoms with Crippen LogP contribution in [0.25, 0.3) is 0 Å². The van der Waals surface area contributed by atoms with Gasteiger partial charge in [-0.25, -0.2) is 0 Å². The minimum atomic E-state index is -1.78. The van der Waals surface area contributed by atoms with Crippen LogP contribution in [0.4, 0.5) is 0 Å². The van der Waals surface area contributed by atoms with E-state index in [1.807, 2.05) is 0 Å². The van der Waals surface area contributed by atoms with Crippen molar-refractivity contribution >= 4 is 15.7 Å². The van der Waals surface area contributed by atoms with Crippen LogP contribution in [0.2, 0.25) is 0 Å². The summed E-state index contributed by atoms with van der Waals surface area (Å²) in [4.78, 5) is 0. The summed E-state index contributed by atoms with van der Waals surface area (Å²) in [6.45, 7) is 3.10. The van der Waals surface area contributed by atoms with E-state index in [1.165, 1.54) is 0 Å². The first-order chi connectivity index (χ1) is 3.25. The largest absolute Gasteiger partial charge is 0.407 e. The van der Waals surface area contributed by atoms with Gasteiger partial charge in [-0.05, 0) is 13.8 Å². The van der Waals surface area contributed by atoms with Gasteiger partial charge in [0.05, 0.1) is 0 Å². The molecule has 3 N–H and O–H groups in total. The fraction of sp³-hybridized carbons (Fsp3) is 1.00. The topological polar surface area (TPSA) is 46.2 Å². The van der Waals surface area contributed by atoms with Crippen molar-refractivity contribution in [3.8, 4) is 0 Å². The van der Waals surface area contributed by atoms with Crippen LogP contribution in [-0.4, -0.2) is 31.7 Å². The highest BCUT2D eigenvalue weighted by Gasteiger charge is 2.28. The molecule has 0 aromatic rings. The molecule has 0 heterocycles.